The van der Waals surface area contributed by atoms with E-state index in [0.29, 0.717) is 26.2 Å². The average Bonchev–Trinajstić information content (AvgIpc) is 3.18. The van der Waals surface area contributed by atoms with E-state index in [0.717, 1.165) is 77.4 Å². The fourth-order valence-electron chi connectivity index (χ4n) is 6.94. The molecule has 0 aliphatic rings. The second-order valence-corrected chi connectivity index (χ2v) is 16.1. The summed E-state index contributed by atoms with van der Waals surface area (Å²) in [5.74, 6) is -0.0895. The smallest absolute Gasteiger partial charge is 0.305 e. The molecule has 56 heavy (non-hydrogen) atoms. The first-order valence-corrected chi connectivity index (χ1v) is 23.9. The molecule has 0 aliphatic carbocycles. The van der Waals surface area contributed by atoms with Crippen LogP contribution in [0.5, 0.6) is 0 Å². The van der Waals surface area contributed by atoms with E-state index < -0.39 is 0 Å². The van der Waals surface area contributed by atoms with Crippen molar-refractivity contribution < 1.29 is 50.3 Å². The molecule has 9 heteroatoms. The fourth-order valence-corrected chi connectivity index (χ4v) is 6.94. The maximum atomic E-state index is 11.9. The third-order valence-electron chi connectivity index (χ3n) is 10.5. The Kier molecular flexibility index (Phi) is 56.0. The van der Waals surface area contributed by atoms with E-state index in [1.54, 1.807) is 0 Å². The topological polar surface area (TPSA) is 108 Å². The SMILES string of the molecule is CCCCCCCCC(O)CCCCCCCC.CCCCCCCCCOC(=O)CCCCCCCN(CCCCCCCO)CCCNC(=O)COC.[W]. The Labute approximate surface area is 362 Å². The molecular weight excluding hydrogens is 872 g/mol. The summed E-state index contributed by atoms with van der Waals surface area (Å²) >= 11 is 0. The molecule has 0 fully saturated rings. The Bertz CT molecular complexity index is 746. The molecule has 0 atom stereocenters. The van der Waals surface area contributed by atoms with E-state index in [2.05, 4.69) is 31.0 Å². The van der Waals surface area contributed by atoms with Gasteiger partial charge in [0.05, 0.1) is 12.7 Å². The fraction of sp³-hybridized carbons (Fsp3) is 0.957. The van der Waals surface area contributed by atoms with Gasteiger partial charge in [-0.1, -0.05) is 175 Å². The second-order valence-electron chi connectivity index (χ2n) is 16.1. The molecule has 0 spiro atoms. The number of carbonyl (C=O) groups is 2. The van der Waals surface area contributed by atoms with Crippen molar-refractivity contribution in [1.29, 1.82) is 0 Å². The second kappa shape index (κ2) is 52.5. The van der Waals surface area contributed by atoms with Gasteiger partial charge in [0.2, 0.25) is 5.91 Å². The van der Waals surface area contributed by atoms with Crippen LogP contribution in [0.4, 0.5) is 0 Å². The van der Waals surface area contributed by atoms with Crippen molar-refractivity contribution >= 4 is 11.9 Å². The first kappa shape index (κ1) is 59.8. The van der Waals surface area contributed by atoms with Crippen molar-refractivity contribution in [2.45, 2.75) is 239 Å². The zero-order chi connectivity index (χ0) is 40.7. The molecule has 0 heterocycles. The quantitative estimate of drug-likeness (QED) is 0.0413. The predicted octanol–water partition coefficient (Wildman–Crippen LogP) is 11.9. The average molecular weight is 969 g/mol. The van der Waals surface area contributed by atoms with Gasteiger partial charge in [-0.05, 0) is 71.0 Å². The molecule has 0 saturated heterocycles. The van der Waals surface area contributed by atoms with Crippen LogP contribution in [0.1, 0.15) is 233 Å². The van der Waals surface area contributed by atoms with Gasteiger partial charge in [-0.25, -0.2) is 0 Å². The number of rotatable bonds is 43. The summed E-state index contributed by atoms with van der Waals surface area (Å²) in [6, 6.07) is 0. The van der Waals surface area contributed by atoms with Gasteiger partial charge in [0.25, 0.3) is 0 Å². The summed E-state index contributed by atoms with van der Waals surface area (Å²) in [6.45, 7) is 11.6. The largest absolute Gasteiger partial charge is 0.466 e. The first-order valence-electron chi connectivity index (χ1n) is 23.9. The number of aliphatic hydroxyl groups is 2. The van der Waals surface area contributed by atoms with Gasteiger partial charge >= 0.3 is 5.97 Å². The standard InChI is InChI=1S/C30H60N2O5.C17H36O.W/c1-3-4-5-6-7-14-19-27-37-30(35)21-15-10-8-11-16-23-32(24-17-12-9-13-18-26-33)25-20-22-31-29(34)28-36-2;1-3-5-7-9-11-13-15-17(18)16-14-12-10-8-6-4-2;/h33H,3-28H2,1-2H3,(H,31,34);17-18H,3-16H2,1-2H3;. The Balaban J connectivity index is -0.00000124. The third-order valence-corrected chi connectivity index (χ3v) is 10.5. The number of unbranched alkanes of at least 4 members (excludes halogenated alkanes) is 24. The van der Waals surface area contributed by atoms with Crippen LogP contribution in [0.2, 0.25) is 0 Å². The minimum absolute atomic E-state index is 0. The van der Waals surface area contributed by atoms with Crippen molar-refractivity contribution in [1.82, 2.24) is 10.2 Å². The zero-order valence-electron chi connectivity index (χ0n) is 37.7. The molecule has 0 unspecified atom stereocenters. The normalized spacial score (nSPS) is 11.1. The molecule has 1 amide bonds. The Morgan fingerprint density at radius 3 is 1.45 bits per heavy atom. The van der Waals surface area contributed by atoms with Crippen LogP contribution in [0.15, 0.2) is 0 Å². The van der Waals surface area contributed by atoms with Gasteiger partial charge in [0.1, 0.15) is 6.61 Å². The molecule has 0 saturated carbocycles. The molecule has 0 aromatic heterocycles. The molecule has 0 aromatic rings. The molecule has 0 bridgehead atoms. The van der Waals surface area contributed by atoms with Gasteiger partial charge in [-0.15, -0.1) is 0 Å². The van der Waals surface area contributed by atoms with Crippen LogP contribution in [-0.2, 0) is 40.1 Å². The molecule has 336 valence electrons. The van der Waals surface area contributed by atoms with Crippen LogP contribution in [0.25, 0.3) is 0 Å². The number of aliphatic hydroxyl groups excluding tert-OH is 2. The summed E-state index contributed by atoms with van der Waals surface area (Å²) < 4.78 is 10.2. The maximum absolute atomic E-state index is 11.9. The Morgan fingerprint density at radius 1 is 0.554 bits per heavy atom. The van der Waals surface area contributed by atoms with E-state index in [4.69, 9.17) is 14.6 Å². The van der Waals surface area contributed by atoms with E-state index >= 15 is 0 Å². The van der Waals surface area contributed by atoms with Gasteiger partial charge in [-0.2, -0.15) is 0 Å². The van der Waals surface area contributed by atoms with Crippen LogP contribution in [0, 0.1) is 0 Å². The zero-order valence-corrected chi connectivity index (χ0v) is 40.7. The number of nitrogens with zero attached hydrogens (tertiary/aromatic N) is 1. The van der Waals surface area contributed by atoms with Crippen LogP contribution < -0.4 is 5.32 Å². The summed E-state index contributed by atoms with van der Waals surface area (Å²) in [5.41, 5.74) is 0. The number of esters is 1. The predicted molar refractivity (Wildman–Crippen MR) is 235 cm³/mol. The number of amides is 1. The molecule has 3 N–H and O–H groups in total. The van der Waals surface area contributed by atoms with E-state index in [1.807, 2.05) is 0 Å². The molecule has 0 aliphatic heterocycles. The maximum Gasteiger partial charge on any atom is 0.305 e. The van der Waals surface area contributed by atoms with Crippen molar-refractivity contribution in [3.05, 3.63) is 0 Å². The third kappa shape index (κ3) is 51.5. The van der Waals surface area contributed by atoms with Crippen molar-refractivity contribution in [3.8, 4) is 0 Å². The van der Waals surface area contributed by atoms with Crippen molar-refractivity contribution in [2.75, 3.05) is 53.1 Å². The van der Waals surface area contributed by atoms with Gasteiger partial charge in [0, 0.05) is 47.7 Å². The van der Waals surface area contributed by atoms with Crippen molar-refractivity contribution in [3.63, 3.8) is 0 Å². The number of nitrogens with one attached hydrogen (secondary N) is 1. The van der Waals surface area contributed by atoms with Crippen molar-refractivity contribution in [2.24, 2.45) is 0 Å². The Morgan fingerprint density at radius 2 is 0.964 bits per heavy atom. The van der Waals surface area contributed by atoms with Gasteiger partial charge < -0.3 is 29.9 Å². The monoisotopic (exact) mass is 969 g/mol. The number of hydrogen-bond acceptors (Lipinski definition) is 7. The number of ether oxygens (including phenoxy) is 2. The minimum atomic E-state index is -0.0559. The van der Waals surface area contributed by atoms with Crippen LogP contribution in [0.3, 0.4) is 0 Å². The number of carbonyl (C=O) groups excluding carboxylic acids is 2. The summed E-state index contributed by atoms with van der Waals surface area (Å²) in [7, 11) is 1.53. The number of hydrogen-bond donors (Lipinski definition) is 3. The van der Waals surface area contributed by atoms with E-state index in [-0.39, 0.29) is 45.7 Å². The van der Waals surface area contributed by atoms with Crippen LogP contribution in [-0.4, -0.2) is 86.2 Å². The molecular formula is C47H96N2O6W. The minimum Gasteiger partial charge on any atom is -0.466 e. The summed E-state index contributed by atoms with van der Waals surface area (Å²) in [6.07, 6.45) is 39.2. The van der Waals surface area contributed by atoms with Crippen LogP contribution >= 0.6 is 0 Å². The van der Waals surface area contributed by atoms with Gasteiger partial charge in [0.15, 0.2) is 0 Å². The number of methoxy groups -OCH3 is 1. The molecule has 8 nitrogen and oxygen atoms in total. The molecule has 0 rings (SSSR count). The first-order chi connectivity index (χ1) is 26.9. The molecule has 0 radical (unpaired) electrons. The summed E-state index contributed by atoms with van der Waals surface area (Å²) in [4.78, 5) is 26.0. The summed E-state index contributed by atoms with van der Waals surface area (Å²) in [5, 5.41) is 21.7. The van der Waals surface area contributed by atoms with E-state index in [9.17, 15) is 14.7 Å². The van der Waals surface area contributed by atoms with E-state index in [1.165, 1.54) is 155 Å². The molecule has 0 aromatic carbocycles. The van der Waals surface area contributed by atoms with Gasteiger partial charge in [-0.3, -0.25) is 9.59 Å². The Hall–Kier alpha value is -0.532.